The van der Waals surface area contributed by atoms with E-state index in [0.29, 0.717) is 0 Å². The van der Waals surface area contributed by atoms with Crippen LogP contribution in [0.5, 0.6) is 0 Å². The molecule has 0 amide bonds. The van der Waals surface area contributed by atoms with Crippen LogP contribution in [0.4, 0.5) is 0 Å². The van der Waals surface area contributed by atoms with Crippen LogP contribution in [-0.4, -0.2) is 4.98 Å². The normalized spacial score (nSPS) is 16.6. The van der Waals surface area contributed by atoms with E-state index in [0.717, 1.165) is 25.0 Å². The zero-order chi connectivity index (χ0) is 23.6. The van der Waals surface area contributed by atoms with Gasteiger partial charge in [0.1, 0.15) is 0 Å². The fourth-order valence-electron chi connectivity index (χ4n) is 5.21. The number of hydrogen-bond donors (Lipinski definition) is 0. The molecule has 1 unspecified atom stereocenters. The number of rotatable bonds is 7. The lowest BCUT2D eigenvalue weighted by Crippen LogP contribution is -2.40. The van der Waals surface area contributed by atoms with E-state index in [-0.39, 0.29) is 16.2 Å². The fraction of sp³-hybridized carbons (Fsp3) is 0.516. The van der Waals surface area contributed by atoms with Gasteiger partial charge in [0.25, 0.3) is 0 Å². The summed E-state index contributed by atoms with van der Waals surface area (Å²) in [5.41, 5.74) is 8.14. The molecule has 172 valence electrons. The molecule has 0 saturated heterocycles. The third kappa shape index (κ3) is 4.49. The summed E-state index contributed by atoms with van der Waals surface area (Å²) in [5, 5.41) is 0. The summed E-state index contributed by atoms with van der Waals surface area (Å²) in [7, 11) is 0. The van der Waals surface area contributed by atoms with Gasteiger partial charge in [0.05, 0.1) is 5.69 Å². The predicted molar refractivity (Wildman–Crippen MR) is 141 cm³/mol. The first-order valence-corrected chi connectivity index (χ1v) is 12.6. The van der Waals surface area contributed by atoms with E-state index >= 15 is 0 Å². The molecule has 1 aliphatic rings. The highest BCUT2D eigenvalue weighted by Crippen LogP contribution is 2.51. The Bertz CT molecular complexity index is 980. The highest BCUT2D eigenvalue weighted by molar-refractivity contribution is 5.79. The Morgan fingerprint density at radius 3 is 2.06 bits per heavy atom. The van der Waals surface area contributed by atoms with Gasteiger partial charge in [-0.2, -0.15) is 0 Å². The van der Waals surface area contributed by atoms with Crippen molar-refractivity contribution in [3.05, 3.63) is 71.4 Å². The molecule has 1 heteroatoms. The van der Waals surface area contributed by atoms with Gasteiger partial charge in [0, 0.05) is 11.8 Å². The summed E-state index contributed by atoms with van der Waals surface area (Å²) in [4.78, 5) is 5.01. The van der Waals surface area contributed by atoms with Gasteiger partial charge in [0.15, 0.2) is 0 Å². The Morgan fingerprint density at radius 1 is 0.844 bits per heavy atom. The van der Waals surface area contributed by atoms with Gasteiger partial charge in [0.2, 0.25) is 0 Å². The second kappa shape index (κ2) is 9.38. The molecule has 1 atom stereocenters. The summed E-state index contributed by atoms with van der Waals surface area (Å²) in [6.07, 6.45) is 14.7. The lowest BCUT2D eigenvalue weighted by molar-refractivity contribution is 0.133. The van der Waals surface area contributed by atoms with Gasteiger partial charge in [-0.05, 0) is 82.7 Å². The van der Waals surface area contributed by atoms with Crippen molar-refractivity contribution in [3.8, 4) is 11.3 Å². The molecule has 2 aromatic rings. The van der Waals surface area contributed by atoms with E-state index in [2.05, 4.69) is 110 Å². The summed E-state index contributed by atoms with van der Waals surface area (Å²) in [5.74, 6) is 0. The lowest BCUT2D eigenvalue weighted by Gasteiger charge is -2.47. The maximum atomic E-state index is 5.01. The summed E-state index contributed by atoms with van der Waals surface area (Å²) in [6, 6.07) is 11.6. The summed E-state index contributed by atoms with van der Waals surface area (Å²) >= 11 is 0. The molecule has 3 rings (SSSR count). The van der Waals surface area contributed by atoms with Crippen LogP contribution in [0.1, 0.15) is 104 Å². The minimum absolute atomic E-state index is 0.0749. The molecule has 1 aromatic carbocycles. The lowest BCUT2D eigenvalue weighted by atomic mass is 9.57. The molecular formula is C31H43N. The third-order valence-corrected chi connectivity index (χ3v) is 8.45. The SMILES string of the molecule is CCC(C)(CC)C(C)(CC)c1ccc(C2=CCCC=C2)cc1-c1ccc(C(C)(C)C)cn1. The maximum absolute atomic E-state index is 5.01. The smallest absolute Gasteiger partial charge is 0.0705 e. The summed E-state index contributed by atoms with van der Waals surface area (Å²) < 4.78 is 0. The van der Waals surface area contributed by atoms with Crippen molar-refractivity contribution >= 4 is 5.57 Å². The Hall–Kier alpha value is -2.15. The average Bonchev–Trinajstić information content (AvgIpc) is 2.82. The van der Waals surface area contributed by atoms with Crippen LogP contribution in [0.3, 0.4) is 0 Å². The van der Waals surface area contributed by atoms with E-state index in [1.54, 1.807) is 0 Å². The summed E-state index contributed by atoms with van der Waals surface area (Å²) in [6.45, 7) is 18.7. The van der Waals surface area contributed by atoms with Crippen LogP contribution in [0, 0.1) is 5.41 Å². The van der Waals surface area contributed by atoms with E-state index in [1.807, 2.05) is 0 Å². The van der Waals surface area contributed by atoms with Crippen LogP contribution < -0.4 is 0 Å². The first-order chi connectivity index (χ1) is 15.1. The topological polar surface area (TPSA) is 12.9 Å². The minimum atomic E-state index is 0.0749. The number of hydrogen-bond acceptors (Lipinski definition) is 1. The van der Waals surface area contributed by atoms with Crippen LogP contribution in [0.15, 0.2) is 54.8 Å². The molecule has 32 heavy (non-hydrogen) atoms. The predicted octanol–water partition coefficient (Wildman–Crippen LogP) is 9.27. The third-order valence-electron chi connectivity index (χ3n) is 8.45. The molecule has 0 aliphatic heterocycles. The van der Waals surface area contributed by atoms with E-state index in [4.69, 9.17) is 4.98 Å². The van der Waals surface area contributed by atoms with Crippen molar-refractivity contribution in [1.82, 2.24) is 4.98 Å². The second-order valence-electron chi connectivity index (χ2n) is 11.0. The van der Waals surface area contributed by atoms with Crippen LogP contribution in [0.25, 0.3) is 16.8 Å². The number of nitrogens with zero attached hydrogens (tertiary/aromatic N) is 1. The van der Waals surface area contributed by atoms with Crippen molar-refractivity contribution in [1.29, 1.82) is 0 Å². The second-order valence-corrected chi connectivity index (χ2v) is 11.0. The van der Waals surface area contributed by atoms with Crippen molar-refractivity contribution in [3.63, 3.8) is 0 Å². The van der Waals surface area contributed by atoms with Crippen molar-refractivity contribution in [2.45, 2.75) is 98.3 Å². The highest BCUT2D eigenvalue weighted by atomic mass is 14.7. The fourth-order valence-corrected chi connectivity index (χ4v) is 5.21. The van der Waals surface area contributed by atoms with Gasteiger partial charge in [-0.15, -0.1) is 0 Å². The van der Waals surface area contributed by atoms with Gasteiger partial charge >= 0.3 is 0 Å². The molecule has 0 saturated carbocycles. The Kier molecular flexibility index (Phi) is 7.18. The molecule has 1 heterocycles. The Labute approximate surface area is 197 Å². The van der Waals surface area contributed by atoms with Crippen LogP contribution in [0.2, 0.25) is 0 Å². The van der Waals surface area contributed by atoms with Gasteiger partial charge in [-0.1, -0.05) is 91.8 Å². The molecule has 0 fully saturated rings. The van der Waals surface area contributed by atoms with Crippen molar-refractivity contribution < 1.29 is 0 Å². The quantitative estimate of drug-likeness (QED) is 0.427. The number of benzene rings is 1. The number of allylic oxidation sites excluding steroid dienone is 4. The molecule has 1 aliphatic carbocycles. The van der Waals surface area contributed by atoms with E-state index < -0.39 is 0 Å². The average molecular weight is 430 g/mol. The minimum Gasteiger partial charge on any atom is -0.256 e. The Morgan fingerprint density at radius 2 is 1.56 bits per heavy atom. The molecule has 1 nitrogen and oxygen atoms in total. The van der Waals surface area contributed by atoms with E-state index in [1.165, 1.54) is 40.7 Å². The van der Waals surface area contributed by atoms with E-state index in [9.17, 15) is 0 Å². The van der Waals surface area contributed by atoms with Gasteiger partial charge in [-0.3, -0.25) is 4.98 Å². The first-order valence-electron chi connectivity index (χ1n) is 12.6. The van der Waals surface area contributed by atoms with Gasteiger partial charge in [-0.25, -0.2) is 0 Å². The zero-order valence-corrected chi connectivity index (χ0v) is 21.7. The first kappa shape index (κ1) is 24.5. The van der Waals surface area contributed by atoms with Gasteiger partial charge < -0.3 is 0 Å². The zero-order valence-electron chi connectivity index (χ0n) is 21.7. The largest absolute Gasteiger partial charge is 0.256 e. The van der Waals surface area contributed by atoms with Crippen molar-refractivity contribution in [2.24, 2.45) is 5.41 Å². The van der Waals surface area contributed by atoms with Crippen LogP contribution in [-0.2, 0) is 10.8 Å². The highest BCUT2D eigenvalue weighted by Gasteiger charge is 2.43. The number of aromatic nitrogens is 1. The van der Waals surface area contributed by atoms with Crippen molar-refractivity contribution in [2.75, 3.05) is 0 Å². The molecule has 0 spiro atoms. The van der Waals surface area contributed by atoms with Crippen LogP contribution >= 0.6 is 0 Å². The molecular weight excluding hydrogens is 386 g/mol. The molecule has 0 radical (unpaired) electrons. The standard InChI is InChI=1S/C31H43N/c1-9-30(7,10-2)31(8,11-3)27-19-17-24(23-15-13-12-14-16-23)21-26(27)28-20-18-25(22-32-28)29(4,5)6/h13,15-22H,9-12,14H2,1-8H3. The monoisotopic (exact) mass is 429 g/mol. The Balaban J connectivity index is 2.23. The molecule has 0 bridgehead atoms. The molecule has 0 N–H and O–H groups in total. The number of pyridine rings is 1. The molecule has 1 aromatic heterocycles. The maximum Gasteiger partial charge on any atom is 0.0705 e.